The molecule has 0 N–H and O–H groups in total. The molecule has 0 heterocycles. The molecule has 0 saturated carbocycles. The van der Waals surface area contributed by atoms with Crippen molar-refractivity contribution >= 4 is 61.2 Å². The second kappa shape index (κ2) is 20.1. The molecule has 0 bridgehead atoms. The number of rotatable bonds is 5. The molecular formula is C52H51Cl3Zr. The molecule has 284 valence electrons. The zero-order valence-corrected chi connectivity index (χ0v) is 38.0. The van der Waals surface area contributed by atoms with Crippen molar-refractivity contribution in [3.05, 3.63) is 197 Å². The van der Waals surface area contributed by atoms with Crippen molar-refractivity contribution in [2.24, 2.45) is 0 Å². The van der Waals surface area contributed by atoms with E-state index < -0.39 is 0 Å². The summed E-state index contributed by atoms with van der Waals surface area (Å²) in [4.78, 5) is 0. The minimum Gasteiger partial charge on any atom is -0.273 e. The van der Waals surface area contributed by atoms with Gasteiger partial charge in [-0.05, 0) is 44.2 Å². The molecule has 4 heteroatoms. The van der Waals surface area contributed by atoms with E-state index in [0.29, 0.717) is 0 Å². The summed E-state index contributed by atoms with van der Waals surface area (Å²) in [7, 11) is 0. The molecular weight excluding hydrogens is 822 g/mol. The van der Waals surface area contributed by atoms with E-state index in [2.05, 4.69) is 187 Å². The molecule has 0 spiro atoms. The predicted molar refractivity (Wildman–Crippen MR) is 247 cm³/mol. The van der Waals surface area contributed by atoms with Gasteiger partial charge in [-0.25, -0.2) is 12.2 Å². The fourth-order valence-corrected chi connectivity index (χ4v) is 7.99. The zero-order chi connectivity index (χ0) is 38.3. The first-order valence-electron chi connectivity index (χ1n) is 18.8. The van der Waals surface area contributed by atoms with Crippen molar-refractivity contribution in [2.75, 3.05) is 0 Å². The van der Waals surface area contributed by atoms with E-state index in [1.807, 2.05) is 24.3 Å². The first kappa shape index (κ1) is 45.0. The molecule has 7 aromatic rings. The van der Waals surface area contributed by atoms with Crippen LogP contribution in [0.25, 0.3) is 43.8 Å². The number of hydrogen-bond donors (Lipinski definition) is 0. The largest absolute Gasteiger partial charge is 0.273 e. The number of halogens is 3. The van der Waals surface area contributed by atoms with Crippen LogP contribution in [0.3, 0.4) is 0 Å². The summed E-state index contributed by atoms with van der Waals surface area (Å²) in [5.74, 6) is 0. The number of hydrogen-bond acceptors (Lipinski definition) is 0. The Kier molecular flexibility index (Phi) is 16.2. The Bertz CT molecular complexity index is 2270. The summed E-state index contributed by atoms with van der Waals surface area (Å²) >= 11 is 7.34. The van der Waals surface area contributed by atoms with Crippen molar-refractivity contribution in [3.8, 4) is 22.3 Å². The van der Waals surface area contributed by atoms with Crippen LogP contribution in [-0.4, -0.2) is 3.21 Å². The van der Waals surface area contributed by atoms with E-state index >= 15 is 0 Å². The molecule has 0 fully saturated rings. The van der Waals surface area contributed by atoms with Crippen LogP contribution in [0.2, 0.25) is 5.02 Å². The molecule has 1 aliphatic rings. The van der Waals surface area contributed by atoms with Crippen LogP contribution in [0.1, 0.15) is 70.2 Å². The second-order valence-corrected chi connectivity index (χ2v) is 17.9. The summed E-state index contributed by atoms with van der Waals surface area (Å²) in [6.45, 7) is 13.9. The molecule has 0 nitrogen and oxygen atoms in total. The summed E-state index contributed by atoms with van der Waals surface area (Å²) < 4.78 is 1.45. The van der Waals surface area contributed by atoms with Gasteiger partial charge in [-0.2, -0.15) is 6.08 Å². The Balaban J connectivity index is 0.000000252. The van der Waals surface area contributed by atoms with Gasteiger partial charge < -0.3 is 0 Å². The Morgan fingerprint density at radius 1 is 0.625 bits per heavy atom. The van der Waals surface area contributed by atoms with Crippen molar-refractivity contribution in [2.45, 2.75) is 65.2 Å². The summed E-state index contributed by atoms with van der Waals surface area (Å²) in [5, 5.41) is 6.16. The first-order valence-corrected chi connectivity index (χ1v) is 20.4. The van der Waals surface area contributed by atoms with E-state index in [1.165, 1.54) is 93.5 Å². The van der Waals surface area contributed by atoms with Gasteiger partial charge in [0.25, 0.3) is 0 Å². The monoisotopic (exact) mass is 870 g/mol. The SMILES string of the molecule is CC(C)(C)c1cc2c(cc1-c1ccccc1)[cH-]c1cc(-c3ccccc3)c(C(C)(C)C)cc12.Cl.Cl.Clc1ccc([C](=[Zr+2])Cc2ccccc2)cc1.[C-]1=CC=CC1. The Hall–Kier alpha value is -3.71. The molecule has 0 unspecified atom stereocenters. The molecule has 0 radical (unpaired) electrons. The van der Waals surface area contributed by atoms with Crippen LogP contribution in [0, 0.1) is 6.08 Å². The number of benzene rings is 6. The number of allylic oxidation sites excluding steroid dienone is 4. The van der Waals surface area contributed by atoms with Crippen molar-refractivity contribution < 1.29 is 24.2 Å². The summed E-state index contributed by atoms with van der Waals surface area (Å²) in [5.41, 5.74) is 10.8. The van der Waals surface area contributed by atoms with Gasteiger partial charge in [-0.15, -0.1) is 71.0 Å². The van der Waals surface area contributed by atoms with Gasteiger partial charge in [-0.1, -0.05) is 114 Å². The van der Waals surface area contributed by atoms with E-state index in [1.54, 1.807) is 0 Å². The molecule has 8 rings (SSSR count). The maximum Gasteiger partial charge on any atom is -0.109 e. The van der Waals surface area contributed by atoms with Crippen LogP contribution < -0.4 is 0 Å². The summed E-state index contributed by atoms with van der Waals surface area (Å²) in [6, 6.07) is 52.4. The predicted octanol–water partition coefficient (Wildman–Crippen LogP) is 15.4. The minimum absolute atomic E-state index is 0. The van der Waals surface area contributed by atoms with Crippen LogP contribution in [0.4, 0.5) is 0 Å². The van der Waals surface area contributed by atoms with Gasteiger partial charge in [0, 0.05) is 0 Å². The van der Waals surface area contributed by atoms with Crippen LogP contribution in [0.5, 0.6) is 0 Å². The average Bonchev–Trinajstić information content (AvgIpc) is 3.87. The number of fused-ring (bicyclic) bond motifs is 3. The second-order valence-electron chi connectivity index (χ2n) is 16.0. The van der Waals surface area contributed by atoms with Gasteiger partial charge in [0.2, 0.25) is 0 Å². The smallest absolute Gasteiger partial charge is 0.109 e. The van der Waals surface area contributed by atoms with E-state index in [0.717, 1.165) is 17.9 Å². The molecule has 7 aromatic carbocycles. The third-order valence-electron chi connectivity index (χ3n) is 9.77. The molecule has 0 aliphatic heterocycles. The minimum atomic E-state index is 0. The molecule has 0 atom stereocenters. The Morgan fingerprint density at radius 3 is 1.45 bits per heavy atom. The van der Waals surface area contributed by atoms with Crippen molar-refractivity contribution in [1.82, 2.24) is 0 Å². The molecule has 1 aliphatic carbocycles. The average molecular weight is 874 g/mol. The van der Waals surface area contributed by atoms with Crippen molar-refractivity contribution in [1.29, 1.82) is 0 Å². The van der Waals surface area contributed by atoms with Gasteiger partial charge in [0.05, 0.1) is 0 Å². The van der Waals surface area contributed by atoms with Gasteiger partial charge >= 0.3 is 116 Å². The standard InChI is InChI=1S/C33H33.C14H11Cl.C5H5.2ClH.Zr/c1-32(2,3)30-20-26-24(18-28(30)22-13-9-7-10-14-22)17-25-19-29(23-15-11-8-12-16-23)31(21-27(25)26)33(4,5)6;15-14-10-8-13(9-11-14)7-6-12-4-2-1-3-5-12;1-2-4-5-3-1;;;/h7-21H,1-6H3;1-5,8-11H,6H2;1-3H,4H2;2*1H;/q-1;;-1;;;+2. The topological polar surface area (TPSA) is 0 Å². The van der Waals surface area contributed by atoms with Gasteiger partial charge in [-0.3, -0.25) is 6.08 Å². The van der Waals surface area contributed by atoms with E-state index in [4.69, 9.17) is 11.6 Å². The first-order chi connectivity index (χ1) is 25.9. The third kappa shape index (κ3) is 11.5. The third-order valence-corrected chi connectivity index (χ3v) is 11.2. The fraction of sp³-hybridized carbons (Fsp3) is 0.192. The maximum atomic E-state index is 5.87. The van der Waals surface area contributed by atoms with E-state index in [-0.39, 0.29) is 35.6 Å². The quantitative estimate of drug-likeness (QED) is 0.151. The van der Waals surface area contributed by atoms with Gasteiger partial charge in [0.15, 0.2) is 0 Å². The van der Waals surface area contributed by atoms with Gasteiger partial charge in [0.1, 0.15) is 0 Å². The Labute approximate surface area is 367 Å². The maximum absolute atomic E-state index is 5.87. The Morgan fingerprint density at radius 2 is 1.07 bits per heavy atom. The fourth-order valence-electron chi connectivity index (χ4n) is 6.95. The molecule has 56 heavy (non-hydrogen) atoms. The van der Waals surface area contributed by atoms with Crippen molar-refractivity contribution in [3.63, 3.8) is 0 Å². The summed E-state index contributed by atoms with van der Waals surface area (Å²) in [6.07, 6.45) is 11.0. The van der Waals surface area contributed by atoms with E-state index in [9.17, 15) is 0 Å². The molecule has 0 saturated heterocycles. The van der Waals surface area contributed by atoms with Crippen LogP contribution >= 0.6 is 36.4 Å². The van der Waals surface area contributed by atoms with Crippen LogP contribution in [-0.2, 0) is 41.5 Å². The zero-order valence-electron chi connectivity index (χ0n) is 33.2. The normalized spacial score (nSPS) is 11.9. The molecule has 0 aromatic heterocycles. The molecule has 0 amide bonds. The van der Waals surface area contributed by atoms with Crippen LogP contribution in [0.15, 0.2) is 164 Å².